The molecule has 0 aromatic carbocycles. The molecule has 2 aliphatic rings. The molecule has 0 radical (unpaired) electrons. The highest BCUT2D eigenvalue weighted by Gasteiger charge is 2.25. The SMILES string of the molecule is O=C(COC1CCNCC1)N(CCO)C1CCCCC1. The molecule has 1 aliphatic carbocycles. The molecular formula is C15H28N2O3. The van der Waals surface area contributed by atoms with Gasteiger partial charge in [0.25, 0.3) is 0 Å². The third kappa shape index (κ3) is 4.72. The van der Waals surface area contributed by atoms with Gasteiger partial charge in [-0.15, -0.1) is 0 Å². The fraction of sp³-hybridized carbons (Fsp3) is 0.933. The Morgan fingerprint density at radius 2 is 1.85 bits per heavy atom. The lowest BCUT2D eigenvalue weighted by atomic mass is 9.94. The number of nitrogens with one attached hydrogen (secondary N) is 1. The third-order valence-electron chi connectivity index (χ3n) is 4.41. The van der Waals surface area contributed by atoms with Crippen molar-refractivity contribution in [3.8, 4) is 0 Å². The van der Waals surface area contributed by atoms with Crippen LogP contribution in [-0.4, -0.2) is 60.9 Å². The van der Waals surface area contributed by atoms with E-state index in [1.807, 2.05) is 4.90 Å². The van der Waals surface area contributed by atoms with E-state index in [1.165, 1.54) is 19.3 Å². The molecule has 1 aliphatic heterocycles. The molecule has 5 heteroatoms. The molecule has 0 unspecified atom stereocenters. The van der Waals surface area contributed by atoms with Crippen LogP contribution >= 0.6 is 0 Å². The molecule has 0 spiro atoms. The Balaban J connectivity index is 1.79. The molecule has 116 valence electrons. The summed E-state index contributed by atoms with van der Waals surface area (Å²) >= 11 is 0. The summed E-state index contributed by atoms with van der Waals surface area (Å²) < 4.78 is 5.75. The molecule has 1 heterocycles. The maximum atomic E-state index is 12.3. The van der Waals surface area contributed by atoms with Crippen molar-refractivity contribution in [2.24, 2.45) is 0 Å². The van der Waals surface area contributed by atoms with Crippen molar-refractivity contribution in [1.82, 2.24) is 10.2 Å². The number of piperidine rings is 1. The van der Waals surface area contributed by atoms with Gasteiger partial charge in [0.05, 0.1) is 12.7 Å². The summed E-state index contributed by atoms with van der Waals surface area (Å²) in [6.45, 7) is 2.60. The van der Waals surface area contributed by atoms with Crippen LogP contribution in [0.3, 0.4) is 0 Å². The van der Waals surface area contributed by atoms with Gasteiger partial charge in [0.1, 0.15) is 6.61 Å². The first-order chi connectivity index (χ1) is 9.81. The molecule has 2 fully saturated rings. The Labute approximate surface area is 121 Å². The maximum Gasteiger partial charge on any atom is 0.248 e. The monoisotopic (exact) mass is 284 g/mol. The number of rotatable bonds is 6. The second kappa shape index (κ2) is 8.60. The van der Waals surface area contributed by atoms with Crippen LogP contribution in [0.15, 0.2) is 0 Å². The quantitative estimate of drug-likeness (QED) is 0.761. The van der Waals surface area contributed by atoms with Gasteiger partial charge >= 0.3 is 0 Å². The van der Waals surface area contributed by atoms with Gasteiger partial charge < -0.3 is 20.1 Å². The molecule has 5 nitrogen and oxygen atoms in total. The lowest BCUT2D eigenvalue weighted by Gasteiger charge is -2.34. The van der Waals surface area contributed by atoms with Crippen LogP contribution in [0.4, 0.5) is 0 Å². The highest BCUT2D eigenvalue weighted by molar-refractivity contribution is 5.77. The largest absolute Gasteiger partial charge is 0.395 e. The van der Waals surface area contributed by atoms with Gasteiger partial charge in [-0.2, -0.15) is 0 Å². The van der Waals surface area contributed by atoms with Crippen LogP contribution in [-0.2, 0) is 9.53 Å². The standard InChI is InChI=1S/C15H28N2O3/c18-11-10-17(13-4-2-1-3-5-13)15(19)12-20-14-6-8-16-9-7-14/h13-14,16,18H,1-12H2. The van der Waals surface area contributed by atoms with Crippen molar-refractivity contribution >= 4 is 5.91 Å². The number of carbonyl (C=O) groups excluding carboxylic acids is 1. The minimum absolute atomic E-state index is 0.0373. The fourth-order valence-electron chi connectivity index (χ4n) is 3.25. The van der Waals surface area contributed by atoms with Crippen LogP contribution in [0.1, 0.15) is 44.9 Å². The Morgan fingerprint density at radius 1 is 1.15 bits per heavy atom. The van der Waals surface area contributed by atoms with Crippen LogP contribution in [0.25, 0.3) is 0 Å². The lowest BCUT2D eigenvalue weighted by Crippen LogP contribution is -2.45. The zero-order valence-electron chi connectivity index (χ0n) is 12.4. The summed E-state index contributed by atoms with van der Waals surface area (Å²) in [5.41, 5.74) is 0. The highest BCUT2D eigenvalue weighted by atomic mass is 16.5. The molecule has 20 heavy (non-hydrogen) atoms. The van der Waals surface area contributed by atoms with Crippen molar-refractivity contribution in [3.05, 3.63) is 0 Å². The van der Waals surface area contributed by atoms with Gasteiger partial charge in [-0.05, 0) is 38.8 Å². The van der Waals surface area contributed by atoms with Crippen molar-refractivity contribution in [3.63, 3.8) is 0 Å². The first-order valence-corrected chi connectivity index (χ1v) is 8.04. The summed E-state index contributed by atoms with van der Waals surface area (Å²) in [6, 6.07) is 0.306. The predicted molar refractivity (Wildman–Crippen MR) is 77.5 cm³/mol. The topological polar surface area (TPSA) is 61.8 Å². The Morgan fingerprint density at radius 3 is 2.50 bits per heavy atom. The van der Waals surface area contributed by atoms with Crippen LogP contribution in [0.2, 0.25) is 0 Å². The zero-order chi connectivity index (χ0) is 14.2. The van der Waals surface area contributed by atoms with Crippen LogP contribution in [0.5, 0.6) is 0 Å². The number of nitrogens with zero attached hydrogens (tertiary/aromatic N) is 1. The second-order valence-corrected chi connectivity index (χ2v) is 5.86. The van der Waals surface area contributed by atoms with E-state index in [4.69, 9.17) is 4.74 Å². The summed E-state index contributed by atoms with van der Waals surface area (Å²) in [5.74, 6) is 0.0458. The zero-order valence-corrected chi connectivity index (χ0v) is 12.4. The Hall–Kier alpha value is -0.650. The number of aliphatic hydroxyl groups is 1. The minimum atomic E-state index is 0.0373. The van der Waals surface area contributed by atoms with Crippen molar-refractivity contribution in [2.75, 3.05) is 32.8 Å². The predicted octanol–water partition coefficient (Wildman–Crippen LogP) is 0.909. The number of ether oxygens (including phenoxy) is 1. The van der Waals surface area contributed by atoms with Gasteiger partial charge in [-0.25, -0.2) is 0 Å². The van der Waals surface area contributed by atoms with Gasteiger partial charge in [-0.1, -0.05) is 19.3 Å². The molecular weight excluding hydrogens is 256 g/mol. The van der Waals surface area contributed by atoms with Crippen LogP contribution in [0, 0.1) is 0 Å². The Kier molecular flexibility index (Phi) is 6.76. The van der Waals surface area contributed by atoms with Crippen molar-refractivity contribution in [1.29, 1.82) is 0 Å². The molecule has 0 aromatic rings. The number of amides is 1. The van der Waals surface area contributed by atoms with Crippen LogP contribution < -0.4 is 5.32 Å². The molecule has 1 saturated heterocycles. The van der Waals surface area contributed by atoms with E-state index in [9.17, 15) is 9.90 Å². The van der Waals surface area contributed by atoms with E-state index in [-0.39, 0.29) is 25.2 Å². The molecule has 0 atom stereocenters. The average molecular weight is 284 g/mol. The molecule has 1 saturated carbocycles. The number of hydrogen-bond donors (Lipinski definition) is 2. The fourth-order valence-corrected chi connectivity index (χ4v) is 3.25. The van der Waals surface area contributed by atoms with Gasteiger partial charge in [-0.3, -0.25) is 4.79 Å². The number of aliphatic hydroxyl groups excluding tert-OH is 1. The number of carbonyl (C=O) groups is 1. The van der Waals surface area contributed by atoms with Gasteiger partial charge in [0.15, 0.2) is 0 Å². The molecule has 2 rings (SSSR count). The first-order valence-electron chi connectivity index (χ1n) is 8.04. The van der Waals surface area contributed by atoms with Gasteiger partial charge in [0, 0.05) is 12.6 Å². The van der Waals surface area contributed by atoms with E-state index in [0.29, 0.717) is 12.6 Å². The van der Waals surface area contributed by atoms with E-state index in [2.05, 4.69) is 5.32 Å². The first kappa shape index (κ1) is 15.7. The van der Waals surface area contributed by atoms with E-state index in [1.54, 1.807) is 0 Å². The molecule has 1 amide bonds. The summed E-state index contributed by atoms with van der Waals surface area (Å²) in [6.07, 6.45) is 7.96. The molecule has 2 N–H and O–H groups in total. The van der Waals surface area contributed by atoms with Crippen molar-refractivity contribution < 1.29 is 14.6 Å². The Bertz CT molecular complexity index is 287. The highest BCUT2D eigenvalue weighted by Crippen LogP contribution is 2.22. The second-order valence-electron chi connectivity index (χ2n) is 5.86. The van der Waals surface area contributed by atoms with E-state index >= 15 is 0 Å². The van der Waals surface area contributed by atoms with E-state index in [0.717, 1.165) is 38.8 Å². The minimum Gasteiger partial charge on any atom is -0.395 e. The molecule has 0 bridgehead atoms. The van der Waals surface area contributed by atoms with Gasteiger partial charge in [0.2, 0.25) is 5.91 Å². The maximum absolute atomic E-state index is 12.3. The van der Waals surface area contributed by atoms with Crippen molar-refractivity contribution in [2.45, 2.75) is 57.1 Å². The normalized spacial score (nSPS) is 21.9. The third-order valence-corrected chi connectivity index (χ3v) is 4.41. The summed E-state index contributed by atoms with van der Waals surface area (Å²) in [4.78, 5) is 14.2. The summed E-state index contributed by atoms with van der Waals surface area (Å²) in [5, 5.41) is 12.5. The summed E-state index contributed by atoms with van der Waals surface area (Å²) in [7, 11) is 0. The van der Waals surface area contributed by atoms with E-state index < -0.39 is 0 Å². The molecule has 0 aromatic heterocycles. The number of hydrogen-bond acceptors (Lipinski definition) is 4. The lowest BCUT2D eigenvalue weighted by molar-refractivity contribution is -0.142. The smallest absolute Gasteiger partial charge is 0.248 e. The average Bonchev–Trinajstić information content (AvgIpc) is 2.52.